The molecule has 0 fully saturated rings. The van der Waals surface area contributed by atoms with Gasteiger partial charge in [-0.3, -0.25) is 0 Å². The summed E-state index contributed by atoms with van der Waals surface area (Å²) >= 11 is 1.85. The fourth-order valence-corrected chi connectivity index (χ4v) is 4.19. The van der Waals surface area contributed by atoms with Crippen LogP contribution in [0.1, 0.15) is 18.9 Å². The van der Waals surface area contributed by atoms with Crippen LogP contribution in [0.4, 0.5) is 11.4 Å². The molecule has 2 aromatic rings. The number of hydrogen-bond donors (Lipinski definition) is 1. The first-order valence-corrected chi connectivity index (χ1v) is 8.97. The van der Waals surface area contributed by atoms with Crippen molar-refractivity contribution >= 4 is 28.8 Å². The molecule has 0 atom stereocenters. The van der Waals surface area contributed by atoms with Gasteiger partial charge in [-0.1, -0.05) is 55.1 Å². The first-order valence-electron chi connectivity index (χ1n) is 8.16. The number of rotatable bonds is 3. The Kier molecular flexibility index (Phi) is 3.88. The standard InChI is InChI=1S/C20H20N2S/c1-2-13-22-14-6-5-10-17(22)15-8-7-12-19-20(15)21-16-9-3-4-11-18(16)23-19/h3-12,21H,2,13-14H2,1H3. The predicted molar refractivity (Wildman–Crippen MR) is 99.3 cm³/mol. The zero-order valence-corrected chi connectivity index (χ0v) is 14.1. The van der Waals surface area contributed by atoms with Gasteiger partial charge in [0, 0.05) is 34.1 Å². The van der Waals surface area contributed by atoms with Crippen molar-refractivity contribution in [1.29, 1.82) is 0 Å². The molecule has 0 spiro atoms. The minimum atomic E-state index is 0.993. The van der Waals surface area contributed by atoms with Crippen LogP contribution in [-0.2, 0) is 0 Å². The number of nitrogens with one attached hydrogen (secondary N) is 1. The summed E-state index contributed by atoms with van der Waals surface area (Å²) < 4.78 is 0. The first-order chi connectivity index (χ1) is 11.4. The Labute approximate surface area is 141 Å². The van der Waals surface area contributed by atoms with Crippen molar-refractivity contribution in [2.45, 2.75) is 23.1 Å². The van der Waals surface area contributed by atoms with E-state index < -0.39 is 0 Å². The van der Waals surface area contributed by atoms with Gasteiger partial charge in [-0.15, -0.1) is 0 Å². The van der Waals surface area contributed by atoms with Crippen molar-refractivity contribution < 1.29 is 0 Å². The van der Waals surface area contributed by atoms with Crippen molar-refractivity contribution in [3.63, 3.8) is 0 Å². The van der Waals surface area contributed by atoms with Gasteiger partial charge in [0.25, 0.3) is 0 Å². The molecule has 4 rings (SSSR count). The summed E-state index contributed by atoms with van der Waals surface area (Å²) in [4.78, 5) is 5.05. The van der Waals surface area contributed by atoms with Gasteiger partial charge in [-0.25, -0.2) is 0 Å². The van der Waals surface area contributed by atoms with Crippen LogP contribution in [0, 0.1) is 0 Å². The van der Waals surface area contributed by atoms with Crippen LogP contribution in [0.15, 0.2) is 70.5 Å². The number of anilines is 2. The van der Waals surface area contributed by atoms with Gasteiger partial charge in [0.05, 0.1) is 11.4 Å². The summed E-state index contributed by atoms with van der Waals surface area (Å²) in [7, 11) is 0. The lowest BCUT2D eigenvalue weighted by molar-refractivity contribution is 0.433. The Balaban J connectivity index is 1.77. The monoisotopic (exact) mass is 320 g/mol. The van der Waals surface area contributed by atoms with E-state index in [1.807, 2.05) is 11.8 Å². The van der Waals surface area contributed by atoms with Gasteiger partial charge in [-0.2, -0.15) is 0 Å². The average molecular weight is 320 g/mol. The molecular weight excluding hydrogens is 300 g/mol. The van der Waals surface area contributed by atoms with Crippen molar-refractivity contribution in [1.82, 2.24) is 4.90 Å². The molecule has 1 N–H and O–H groups in total. The zero-order valence-electron chi connectivity index (χ0n) is 13.3. The third-order valence-corrected chi connectivity index (χ3v) is 5.36. The second kappa shape index (κ2) is 6.17. The second-order valence-electron chi connectivity index (χ2n) is 5.83. The van der Waals surface area contributed by atoms with Crippen LogP contribution in [0.3, 0.4) is 0 Å². The summed E-state index contributed by atoms with van der Waals surface area (Å²) in [6.07, 6.45) is 7.80. The van der Waals surface area contributed by atoms with E-state index in [1.54, 1.807) is 0 Å². The molecule has 0 bridgehead atoms. The molecule has 0 aromatic heterocycles. The number of hydrogen-bond acceptors (Lipinski definition) is 3. The van der Waals surface area contributed by atoms with Crippen LogP contribution in [0.2, 0.25) is 0 Å². The highest BCUT2D eigenvalue weighted by Crippen LogP contribution is 2.47. The Morgan fingerprint density at radius 2 is 1.96 bits per heavy atom. The van der Waals surface area contributed by atoms with Crippen LogP contribution < -0.4 is 5.32 Å². The largest absolute Gasteiger partial charge is 0.367 e. The number of allylic oxidation sites excluding steroid dienone is 2. The van der Waals surface area contributed by atoms with E-state index in [0.717, 1.165) is 19.5 Å². The van der Waals surface area contributed by atoms with E-state index in [2.05, 4.69) is 77.8 Å². The Morgan fingerprint density at radius 1 is 1.09 bits per heavy atom. The minimum Gasteiger partial charge on any atom is -0.367 e. The molecule has 2 nitrogen and oxygen atoms in total. The topological polar surface area (TPSA) is 15.3 Å². The quantitative estimate of drug-likeness (QED) is 0.684. The van der Waals surface area contributed by atoms with E-state index in [1.165, 1.54) is 32.4 Å². The molecule has 0 unspecified atom stereocenters. The Hall–Kier alpha value is -2.13. The lowest BCUT2D eigenvalue weighted by Gasteiger charge is -2.31. The maximum absolute atomic E-state index is 3.66. The summed E-state index contributed by atoms with van der Waals surface area (Å²) in [5.41, 5.74) is 5.05. The van der Waals surface area contributed by atoms with Crippen LogP contribution in [-0.4, -0.2) is 18.0 Å². The maximum Gasteiger partial charge on any atom is 0.0620 e. The minimum absolute atomic E-state index is 0.993. The Bertz CT molecular complexity index is 792. The van der Waals surface area contributed by atoms with Crippen LogP contribution in [0.5, 0.6) is 0 Å². The molecule has 0 saturated carbocycles. The number of benzene rings is 2. The van der Waals surface area contributed by atoms with Gasteiger partial charge in [0.2, 0.25) is 0 Å². The van der Waals surface area contributed by atoms with Crippen LogP contribution in [0.25, 0.3) is 5.70 Å². The first kappa shape index (κ1) is 14.5. The molecule has 2 aliphatic rings. The lowest BCUT2D eigenvalue weighted by Crippen LogP contribution is -2.25. The molecule has 0 saturated heterocycles. The van der Waals surface area contributed by atoms with Crippen molar-refractivity contribution in [2.75, 3.05) is 18.4 Å². The smallest absolute Gasteiger partial charge is 0.0620 e. The van der Waals surface area contributed by atoms with Gasteiger partial charge >= 0.3 is 0 Å². The fraction of sp³-hybridized carbons (Fsp3) is 0.200. The normalized spacial score (nSPS) is 15.5. The summed E-state index contributed by atoms with van der Waals surface area (Å²) in [6, 6.07) is 15.1. The third-order valence-electron chi connectivity index (χ3n) is 4.22. The molecule has 3 heteroatoms. The molecule has 116 valence electrons. The molecule has 2 aromatic carbocycles. The highest BCUT2D eigenvalue weighted by molar-refractivity contribution is 7.99. The molecular formula is C20H20N2S. The third kappa shape index (κ3) is 2.66. The lowest BCUT2D eigenvalue weighted by atomic mass is 10.0. The fourth-order valence-electron chi connectivity index (χ4n) is 3.16. The zero-order chi connectivity index (χ0) is 15.6. The van der Waals surface area contributed by atoms with E-state index in [-0.39, 0.29) is 0 Å². The van der Waals surface area contributed by atoms with E-state index in [4.69, 9.17) is 0 Å². The SMILES string of the molecule is CCCN1CC=CC=C1c1cccc2c1Nc1ccccc1S2. The van der Waals surface area contributed by atoms with E-state index in [0.29, 0.717) is 0 Å². The predicted octanol–water partition coefficient (Wildman–Crippen LogP) is 5.52. The second-order valence-corrected chi connectivity index (χ2v) is 6.91. The van der Waals surface area contributed by atoms with Crippen LogP contribution >= 0.6 is 11.8 Å². The highest BCUT2D eigenvalue weighted by atomic mass is 32.2. The molecule has 2 heterocycles. The van der Waals surface area contributed by atoms with Gasteiger partial charge in [0.15, 0.2) is 0 Å². The maximum atomic E-state index is 3.66. The molecule has 2 aliphatic heterocycles. The summed E-state index contributed by atoms with van der Waals surface area (Å²) in [5.74, 6) is 0. The summed E-state index contributed by atoms with van der Waals surface area (Å²) in [6.45, 7) is 4.32. The van der Waals surface area contributed by atoms with Crippen molar-refractivity contribution in [3.8, 4) is 0 Å². The average Bonchev–Trinajstić information content (AvgIpc) is 2.60. The molecule has 0 amide bonds. The number of nitrogens with zero attached hydrogens (tertiary/aromatic N) is 1. The molecule has 0 aliphatic carbocycles. The van der Waals surface area contributed by atoms with Crippen molar-refractivity contribution in [2.24, 2.45) is 0 Å². The molecule has 23 heavy (non-hydrogen) atoms. The van der Waals surface area contributed by atoms with Gasteiger partial charge in [-0.05, 0) is 30.7 Å². The Morgan fingerprint density at radius 3 is 2.87 bits per heavy atom. The highest BCUT2D eigenvalue weighted by Gasteiger charge is 2.22. The molecule has 0 radical (unpaired) electrons. The van der Waals surface area contributed by atoms with E-state index >= 15 is 0 Å². The van der Waals surface area contributed by atoms with Gasteiger partial charge < -0.3 is 10.2 Å². The summed E-state index contributed by atoms with van der Waals surface area (Å²) in [5, 5.41) is 3.66. The number of para-hydroxylation sites is 2. The van der Waals surface area contributed by atoms with Gasteiger partial charge in [0.1, 0.15) is 0 Å². The van der Waals surface area contributed by atoms with E-state index in [9.17, 15) is 0 Å². The number of fused-ring (bicyclic) bond motifs is 2. The van der Waals surface area contributed by atoms with Crippen molar-refractivity contribution in [3.05, 3.63) is 66.3 Å².